The molecule has 20 heavy (non-hydrogen) atoms. The number of aryl methyl sites for hydroxylation is 1. The zero-order valence-corrected chi connectivity index (χ0v) is 13.0. The first-order valence-corrected chi connectivity index (χ1v) is 7.29. The summed E-state index contributed by atoms with van der Waals surface area (Å²) in [4.78, 5) is 24.3. The number of hydrogen-bond donors (Lipinski definition) is 2. The van der Waals surface area contributed by atoms with E-state index >= 15 is 0 Å². The third-order valence-electron chi connectivity index (χ3n) is 2.92. The SMILES string of the molecule is CCc1cc2c(NCC(=O)N(C)C)nc(NC)nc2s1. The Kier molecular flexibility index (Phi) is 4.39. The number of fused-ring (bicyclic) bond motifs is 1. The van der Waals surface area contributed by atoms with Crippen molar-refractivity contribution >= 4 is 39.2 Å². The first-order chi connectivity index (χ1) is 9.55. The van der Waals surface area contributed by atoms with Gasteiger partial charge in [-0.15, -0.1) is 11.3 Å². The predicted molar refractivity (Wildman–Crippen MR) is 83.5 cm³/mol. The molecule has 0 aromatic carbocycles. The van der Waals surface area contributed by atoms with Gasteiger partial charge in [0.05, 0.1) is 11.9 Å². The Balaban J connectivity index is 2.34. The van der Waals surface area contributed by atoms with Crippen molar-refractivity contribution < 1.29 is 4.79 Å². The van der Waals surface area contributed by atoms with E-state index in [-0.39, 0.29) is 12.5 Å². The van der Waals surface area contributed by atoms with Crippen LogP contribution >= 0.6 is 11.3 Å². The molecule has 2 aromatic heterocycles. The number of nitrogens with one attached hydrogen (secondary N) is 2. The maximum absolute atomic E-state index is 11.7. The Morgan fingerprint density at radius 3 is 2.75 bits per heavy atom. The van der Waals surface area contributed by atoms with Gasteiger partial charge in [-0.25, -0.2) is 4.98 Å². The molecule has 2 N–H and O–H groups in total. The molecule has 1 amide bonds. The number of amides is 1. The molecule has 0 saturated carbocycles. The summed E-state index contributed by atoms with van der Waals surface area (Å²) in [5.74, 6) is 1.26. The maximum Gasteiger partial charge on any atom is 0.241 e. The normalized spacial score (nSPS) is 10.6. The number of hydrogen-bond acceptors (Lipinski definition) is 6. The van der Waals surface area contributed by atoms with Crippen LogP contribution in [0.3, 0.4) is 0 Å². The molecule has 6 nitrogen and oxygen atoms in total. The lowest BCUT2D eigenvalue weighted by atomic mass is 10.3. The number of anilines is 2. The van der Waals surface area contributed by atoms with E-state index in [1.165, 1.54) is 4.88 Å². The van der Waals surface area contributed by atoms with Crippen molar-refractivity contribution in [3.05, 3.63) is 10.9 Å². The van der Waals surface area contributed by atoms with Crippen LogP contribution < -0.4 is 10.6 Å². The summed E-state index contributed by atoms with van der Waals surface area (Å²) >= 11 is 1.66. The monoisotopic (exact) mass is 293 g/mol. The third kappa shape index (κ3) is 2.98. The van der Waals surface area contributed by atoms with Gasteiger partial charge < -0.3 is 15.5 Å². The summed E-state index contributed by atoms with van der Waals surface area (Å²) in [7, 11) is 5.25. The number of rotatable bonds is 5. The average Bonchev–Trinajstić information content (AvgIpc) is 2.86. The van der Waals surface area contributed by atoms with E-state index < -0.39 is 0 Å². The summed E-state index contributed by atoms with van der Waals surface area (Å²) in [6, 6.07) is 2.09. The predicted octanol–water partition coefficient (Wildman–Crippen LogP) is 1.80. The first kappa shape index (κ1) is 14.5. The third-order valence-corrected chi connectivity index (χ3v) is 4.09. The van der Waals surface area contributed by atoms with Crippen molar-refractivity contribution in [2.45, 2.75) is 13.3 Å². The van der Waals surface area contributed by atoms with E-state index in [1.54, 1.807) is 37.4 Å². The minimum Gasteiger partial charge on any atom is -0.360 e. The highest BCUT2D eigenvalue weighted by Crippen LogP contribution is 2.30. The second-order valence-electron chi connectivity index (χ2n) is 4.57. The number of carbonyl (C=O) groups excluding carboxylic acids is 1. The Bertz CT molecular complexity index is 622. The average molecular weight is 293 g/mol. The number of aromatic nitrogens is 2. The molecule has 2 rings (SSSR count). The Morgan fingerprint density at radius 1 is 1.40 bits per heavy atom. The largest absolute Gasteiger partial charge is 0.360 e. The summed E-state index contributed by atoms with van der Waals surface area (Å²) in [5.41, 5.74) is 0. The van der Waals surface area contributed by atoms with Crippen molar-refractivity contribution in [3.8, 4) is 0 Å². The molecular weight excluding hydrogens is 274 g/mol. The molecule has 7 heteroatoms. The molecule has 0 aliphatic heterocycles. The molecule has 0 bridgehead atoms. The minimum absolute atomic E-state index is 0.00807. The summed E-state index contributed by atoms with van der Waals surface area (Å²) in [5, 5.41) is 7.02. The maximum atomic E-state index is 11.7. The Hall–Kier alpha value is -1.89. The standard InChI is InChI=1S/C13H19N5OS/c1-5-8-6-9-11(15-7-10(19)18(3)4)16-13(14-2)17-12(9)20-8/h6H,5,7H2,1-4H3,(H2,14,15,16,17). The number of carbonyl (C=O) groups is 1. The van der Waals surface area contributed by atoms with Crippen LogP contribution in [0.5, 0.6) is 0 Å². The van der Waals surface area contributed by atoms with E-state index in [0.29, 0.717) is 11.8 Å². The zero-order chi connectivity index (χ0) is 14.7. The fourth-order valence-electron chi connectivity index (χ4n) is 1.71. The summed E-state index contributed by atoms with van der Waals surface area (Å²) in [6.45, 7) is 2.33. The smallest absolute Gasteiger partial charge is 0.241 e. The van der Waals surface area contributed by atoms with Gasteiger partial charge in [-0.2, -0.15) is 4.98 Å². The number of thiophene rings is 1. The molecule has 0 fully saturated rings. The Morgan fingerprint density at radius 2 is 2.15 bits per heavy atom. The van der Waals surface area contributed by atoms with Gasteiger partial charge in [-0.1, -0.05) is 6.92 Å². The Labute approximate surface area is 122 Å². The van der Waals surface area contributed by atoms with Crippen molar-refractivity contribution in [3.63, 3.8) is 0 Å². The fraction of sp³-hybridized carbons (Fsp3) is 0.462. The van der Waals surface area contributed by atoms with Crippen LogP contribution in [0.15, 0.2) is 6.07 Å². The lowest BCUT2D eigenvalue weighted by molar-refractivity contribution is -0.126. The van der Waals surface area contributed by atoms with E-state index in [4.69, 9.17) is 0 Å². The fourth-order valence-corrected chi connectivity index (χ4v) is 2.68. The molecule has 0 spiro atoms. The van der Waals surface area contributed by atoms with Crippen LogP contribution in [0, 0.1) is 0 Å². The minimum atomic E-state index is 0.00807. The van der Waals surface area contributed by atoms with Crippen LogP contribution in [-0.4, -0.2) is 48.5 Å². The van der Waals surface area contributed by atoms with Gasteiger partial charge in [-0.3, -0.25) is 4.79 Å². The van der Waals surface area contributed by atoms with E-state index in [0.717, 1.165) is 16.6 Å². The zero-order valence-electron chi connectivity index (χ0n) is 12.1. The number of likely N-dealkylation sites (N-methyl/N-ethyl adjacent to an activating group) is 1. The molecule has 0 saturated heterocycles. The van der Waals surface area contributed by atoms with E-state index in [2.05, 4.69) is 33.6 Å². The molecule has 0 atom stereocenters. The van der Waals surface area contributed by atoms with E-state index in [9.17, 15) is 4.79 Å². The molecule has 0 radical (unpaired) electrons. The summed E-state index contributed by atoms with van der Waals surface area (Å²) < 4.78 is 0. The van der Waals surface area contributed by atoms with Crippen LogP contribution in [0.25, 0.3) is 10.2 Å². The highest BCUT2D eigenvalue weighted by molar-refractivity contribution is 7.18. The van der Waals surface area contributed by atoms with Crippen molar-refractivity contribution in [1.82, 2.24) is 14.9 Å². The molecule has 0 unspecified atom stereocenters. The molecule has 0 aliphatic carbocycles. The lowest BCUT2D eigenvalue weighted by Crippen LogP contribution is -2.28. The topological polar surface area (TPSA) is 70.2 Å². The molecular formula is C13H19N5OS. The second kappa shape index (κ2) is 6.04. The van der Waals surface area contributed by atoms with E-state index in [1.807, 2.05) is 0 Å². The number of nitrogens with zero attached hydrogens (tertiary/aromatic N) is 3. The van der Waals surface area contributed by atoms with Gasteiger partial charge in [0.2, 0.25) is 11.9 Å². The quantitative estimate of drug-likeness (QED) is 0.879. The van der Waals surface area contributed by atoms with Crippen LogP contribution in [0.4, 0.5) is 11.8 Å². The van der Waals surface area contributed by atoms with Crippen molar-refractivity contribution in [2.75, 3.05) is 38.3 Å². The van der Waals surface area contributed by atoms with Crippen molar-refractivity contribution in [2.24, 2.45) is 0 Å². The van der Waals surface area contributed by atoms with Gasteiger partial charge in [0.1, 0.15) is 10.6 Å². The van der Waals surface area contributed by atoms with Gasteiger partial charge in [0.15, 0.2) is 0 Å². The molecule has 2 aromatic rings. The van der Waals surface area contributed by atoms with Crippen LogP contribution in [0.2, 0.25) is 0 Å². The van der Waals surface area contributed by atoms with Crippen LogP contribution in [-0.2, 0) is 11.2 Å². The summed E-state index contributed by atoms with van der Waals surface area (Å²) in [6.07, 6.45) is 0.964. The van der Waals surface area contributed by atoms with Gasteiger partial charge >= 0.3 is 0 Å². The molecule has 0 aliphatic rings. The van der Waals surface area contributed by atoms with Crippen molar-refractivity contribution in [1.29, 1.82) is 0 Å². The lowest BCUT2D eigenvalue weighted by Gasteiger charge is -2.12. The molecule has 2 heterocycles. The second-order valence-corrected chi connectivity index (χ2v) is 5.69. The van der Waals surface area contributed by atoms with Crippen LogP contribution in [0.1, 0.15) is 11.8 Å². The van der Waals surface area contributed by atoms with Gasteiger partial charge in [-0.05, 0) is 12.5 Å². The highest BCUT2D eigenvalue weighted by atomic mass is 32.1. The highest BCUT2D eigenvalue weighted by Gasteiger charge is 2.12. The molecule has 108 valence electrons. The van der Waals surface area contributed by atoms with Gasteiger partial charge in [0.25, 0.3) is 0 Å². The van der Waals surface area contributed by atoms with Gasteiger partial charge in [0, 0.05) is 26.0 Å². The first-order valence-electron chi connectivity index (χ1n) is 6.47.